The van der Waals surface area contributed by atoms with Crippen molar-refractivity contribution in [3.8, 4) is 0 Å². The quantitative estimate of drug-likeness (QED) is 0.595. The van der Waals surface area contributed by atoms with Gasteiger partial charge < -0.3 is 0 Å². The van der Waals surface area contributed by atoms with Crippen LogP contribution in [0.5, 0.6) is 0 Å². The van der Waals surface area contributed by atoms with Crippen molar-refractivity contribution in [1.29, 1.82) is 0 Å². The first kappa shape index (κ1) is 11.6. The lowest BCUT2D eigenvalue weighted by Gasteiger charge is -2.29. The average Bonchev–Trinajstić information content (AvgIpc) is 2.45. The number of rotatable bonds is 3. The number of nitrogens with two attached hydrogens (primary N) is 1. The molecule has 0 saturated carbocycles. The van der Waals surface area contributed by atoms with E-state index >= 15 is 0 Å². The summed E-state index contributed by atoms with van der Waals surface area (Å²) in [5.74, 6) is 5.54. The molecule has 14 heavy (non-hydrogen) atoms. The SMILES string of the molecule is Cc1nc(CC(NN)C(C)(C)C)cs1. The van der Waals surface area contributed by atoms with Crippen molar-refractivity contribution in [3.63, 3.8) is 0 Å². The highest BCUT2D eigenvalue weighted by atomic mass is 32.1. The fraction of sp³-hybridized carbons (Fsp3) is 0.700. The largest absolute Gasteiger partial charge is 0.271 e. The molecule has 3 nitrogen and oxygen atoms in total. The fourth-order valence-electron chi connectivity index (χ4n) is 1.33. The van der Waals surface area contributed by atoms with Crippen LogP contribution in [0.2, 0.25) is 0 Å². The Morgan fingerprint density at radius 1 is 1.57 bits per heavy atom. The van der Waals surface area contributed by atoms with Crippen LogP contribution < -0.4 is 11.3 Å². The highest BCUT2D eigenvalue weighted by Gasteiger charge is 2.24. The van der Waals surface area contributed by atoms with Gasteiger partial charge in [0, 0.05) is 17.8 Å². The standard InChI is InChI=1S/C10H19N3S/c1-7-12-8(6-14-7)5-9(13-11)10(2,3)4/h6,9,13H,5,11H2,1-4H3. The molecule has 1 aromatic rings. The molecular weight excluding hydrogens is 194 g/mol. The van der Waals surface area contributed by atoms with Crippen molar-refractivity contribution in [2.24, 2.45) is 11.3 Å². The van der Waals surface area contributed by atoms with Crippen LogP contribution in [0, 0.1) is 12.3 Å². The molecule has 0 fully saturated rings. The van der Waals surface area contributed by atoms with E-state index in [1.165, 1.54) is 0 Å². The first-order valence-electron chi connectivity index (χ1n) is 4.80. The Balaban J connectivity index is 2.66. The van der Waals surface area contributed by atoms with Crippen molar-refractivity contribution in [3.05, 3.63) is 16.1 Å². The molecule has 0 spiro atoms. The zero-order valence-corrected chi connectivity index (χ0v) is 10.1. The normalized spacial score (nSPS) is 14.4. The summed E-state index contributed by atoms with van der Waals surface area (Å²) in [5, 5.41) is 3.22. The second-order valence-corrected chi connectivity index (χ2v) is 5.71. The van der Waals surface area contributed by atoms with E-state index in [1.54, 1.807) is 11.3 Å². The maximum atomic E-state index is 5.54. The van der Waals surface area contributed by atoms with Crippen LogP contribution in [0.15, 0.2) is 5.38 Å². The van der Waals surface area contributed by atoms with Gasteiger partial charge in [-0.25, -0.2) is 4.98 Å². The molecule has 1 atom stereocenters. The first-order valence-corrected chi connectivity index (χ1v) is 5.68. The summed E-state index contributed by atoms with van der Waals surface area (Å²) >= 11 is 1.69. The maximum Gasteiger partial charge on any atom is 0.0897 e. The number of hydrogen-bond acceptors (Lipinski definition) is 4. The number of nitrogens with one attached hydrogen (secondary N) is 1. The van der Waals surface area contributed by atoms with Gasteiger partial charge in [0.1, 0.15) is 0 Å². The predicted molar refractivity (Wildman–Crippen MR) is 61.1 cm³/mol. The van der Waals surface area contributed by atoms with Gasteiger partial charge in [-0.05, 0) is 12.3 Å². The second-order valence-electron chi connectivity index (χ2n) is 4.65. The number of thiazole rings is 1. The molecule has 1 aromatic heterocycles. The molecule has 0 bridgehead atoms. The van der Waals surface area contributed by atoms with Crippen molar-refractivity contribution in [1.82, 2.24) is 10.4 Å². The maximum absolute atomic E-state index is 5.54. The zero-order valence-electron chi connectivity index (χ0n) is 9.29. The first-order chi connectivity index (χ1) is 6.43. The molecule has 0 aliphatic rings. The third-order valence-corrected chi connectivity index (χ3v) is 3.15. The van der Waals surface area contributed by atoms with E-state index in [2.05, 4.69) is 36.6 Å². The van der Waals surface area contributed by atoms with E-state index in [0.717, 1.165) is 17.1 Å². The molecule has 1 unspecified atom stereocenters. The Morgan fingerprint density at radius 2 is 2.21 bits per heavy atom. The van der Waals surface area contributed by atoms with Crippen LogP contribution in [0.4, 0.5) is 0 Å². The third kappa shape index (κ3) is 3.04. The van der Waals surface area contributed by atoms with E-state index in [-0.39, 0.29) is 11.5 Å². The van der Waals surface area contributed by atoms with E-state index < -0.39 is 0 Å². The summed E-state index contributed by atoms with van der Waals surface area (Å²) in [5.41, 5.74) is 4.15. The molecule has 0 aliphatic carbocycles. The molecule has 0 aliphatic heterocycles. The van der Waals surface area contributed by atoms with Crippen LogP contribution >= 0.6 is 11.3 Å². The van der Waals surface area contributed by atoms with Crippen molar-refractivity contribution >= 4 is 11.3 Å². The Kier molecular flexibility index (Phi) is 3.64. The lowest BCUT2D eigenvalue weighted by atomic mass is 9.84. The Morgan fingerprint density at radius 3 is 2.57 bits per heavy atom. The molecule has 3 N–H and O–H groups in total. The summed E-state index contributed by atoms with van der Waals surface area (Å²) in [6.07, 6.45) is 0.893. The third-order valence-electron chi connectivity index (χ3n) is 2.33. The van der Waals surface area contributed by atoms with Gasteiger partial charge in [-0.2, -0.15) is 0 Å². The van der Waals surface area contributed by atoms with Crippen molar-refractivity contribution < 1.29 is 0 Å². The number of hydrogen-bond donors (Lipinski definition) is 2. The molecule has 80 valence electrons. The van der Waals surface area contributed by atoms with Gasteiger partial charge in [0.05, 0.1) is 10.7 Å². The number of aromatic nitrogens is 1. The van der Waals surface area contributed by atoms with Crippen molar-refractivity contribution in [2.75, 3.05) is 0 Å². The smallest absolute Gasteiger partial charge is 0.0897 e. The van der Waals surface area contributed by atoms with Crippen LogP contribution in [0.3, 0.4) is 0 Å². The highest BCUT2D eigenvalue weighted by Crippen LogP contribution is 2.22. The Labute approximate surface area is 89.7 Å². The van der Waals surface area contributed by atoms with Gasteiger partial charge in [0.15, 0.2) is 0 Å². The zero-order chi connectivity index (χ0) is 10.8. The van der Waals surface area contributed by atoms with E-state index in [1.807, 2.05) is 6.92 Å². The van der Waals surface area contributed by atoms with Gasteiger partial charge in [0.25, 0.3) is 0 Å². The number of aryl methyl sites for hydroxylation is 1. The molecular formula is C10H19N3S. The Bertz CT molecular complexity index is 288. The van der Waals surface area contributed by atoms with Crippen LogP contribution in [-0.2, 0) is 6.42 Å². The van der Waals surface area contributed by atoms with Gasteiger partial charge in [-0.3, -0.25) is 11.3 Å². The van der Waals surface area contributed by atoms with E-state index in [4.69, 9.17) is 5.84 Å². The lowest BCUT2D eigenvalue weighted by Crippen LogP contribution is -2.45. The van der Waals surface area contributed by atoms with E-state index in [9.17, 15) is 0 Å². The van der Waals surface area contributed by atoms with Crippen LogP contribution in [0.25, 0.3) is 0 Å². The van der Waals surface area contributed by atoms with Gasteiger partial charge >= 0.3 is 0 Å². The van der Waals surface area contributed by atoms with E-state index in [0.29, 0.717) is 0 Å². The molecule has 0 radical (unpaired) electrons. The van der Waals surface area contributed by atoms with Crippen molar-refractivity contribution in [2.45, 2.75) is 40.2 Å². The lowest BCUT2D eigenvalue weighted by molar-refractivity contribution is 0.267. The molecule has 4 heteroatoms. The second kappa shape index (κ2) is 4.38. The molecule has 0 saturated heterocycles. The molecule has 0 amide bonds. The highest BCUT2D eigenvalue weighted by molar-refractivity contribution is 7.09. The summed E-state index contributed by atoms with van der Waals surface area (Å²) in [6.45, 7) is 8.56. The summed E-state index contributed by atoms with van der Waals surface area (Å²) in [7, 11) is 0. The number of hydrazine groups is 1. The summed E-state index contributed by atoms with van der Waals surface area (Å²) in [4.78, 5) is 4.43. The minimum absolute atomic E-state index is 0.159. The van der Waals surface area contributed by atoms with Gasteiger partial charge in [-0.1, -0.05) is 20.8 Å². The Hall–Kier alpha value is -0.450. The average molecular weight is 213 g/mol. The monoisotopic (exact) mass is 213 g/mol. The summed E-state index contributed by atoms with van der Waals surface area (Å²) in [6, 6.07) is 0.268. The number of nitrogens with zero attached hydrogens (tertiary/aromatic N) is 1. The molecule has 1 heterocycles. The molecule has 1 rings (SSSR count). The summed E-state index contributed by atoms with van der Waals surface area (Å²) < 4.78 is 0. The van der Waals surface area contributed by atoms with Gasteiger partial charge in [-0.15, -0.1) is 11.3 Å². The van der Waals surface area contributed by atoms with Crippen LogP contribution in [0.1, 0.15) is 31.5 Å². The predicted octanol–water partition coefficient (Wildman–Crippen LogP) is 1.87. The molecule has 0 aromatic carbocycles. The topological polar surface area (TPSA) is 50.9 Å². The van der Waals surface area contributed by atoms with Crippen LogP contribution in [-0.4, -0.2) is 11.0 Å². The minimum Gasteiger partial charge on any atom is -0.271 e. The minimum atomic E-state index is 0.159. The van der Waals surface area contributed by atoms with Gasteiger partial charge in [0.2, 0.25) is 0 Å². The fourth-order valence-corrected chi connectivity index (χ4v) is 1.95.